The van der Waals surface area contributed by atoms with Gasteiger partial charge in [0, 0.05) is 17.2 Å². The van der Waals surface area contributed by atoms with Crippen molar-refractivity contribution in [1.29, 1.82) is 0 Å². The molecule has 1 spiro atoms. The summed E-state index contributed by atoms with van der Waals surface area (Å²) in [6.45, 7) is 13.5. The first kappa shape index (κ1) is 34.5. The first-order chi connectivity index (χ1) is 26.4. The standard InChI is InChI=1S/C51H44N2O2/c1-49(2,3)33-29-32(30-34(31-33)50(4,5)6)35-20-15-22-39(48(35)52-45-27-13-14-28-46(45)53(54)55)38-21-16-26-44-47(38)40-19-9-12-25-43(40)51(44)41-23-10-7-17-36(41)37-18-8-11-24-42(37)51/h7-31,52H,1-6H3. The topological polar surface area (TPSA) is 55.2 Å². The van der Waals surface area contributed by atoms with Crippen molar-refractivity contribution in [3.8, 4) is 44.5 Å². The summed E-state index contributed by atoms with van der Waals surface area (Å²) >= 11 is 0. The van der Waals surface area contributed by atoms with E-state index in [0.717, 1.165) is 27.9 Å². The minimum Gasteiger partial charge on any atom is -0.349 e. The first-order valence-electron chi connectivity index (χ1n) is 19.1. The van der Waals surface area contributed by atoms with Gasteiger partial charge in [0.15, 0.2) is 0 Å². The van der Waals surface area contributed by atoms with Crippen LogP contribution in [0.3, 0.4) is 0 Å². The molecular formula is C51H44N2O2. The average Bonchev–Trinajstić information content (AvgIpc) is 3.65. The molecule has 0 aliphatic heterocycles. The van der Waals surface area contributed by atoms with Crippen LogP contribution in [-0.2, 0) is 16.2 Å². The molecule has 0 saturated carbocycles. The monoisotopic (exact) mass is 716 g/mol. The van der Waals surface area contributed by atoms with E-state index in [-0.39, 0.29) is 21.4 Å². The highest BCUT2D eigenvalue weighted by molar-refractivity contribution is 6.04. The Morgan fingerprint density at radius 2 is 0.945 bits per heavy atom. The van der Waals surface area contributed by atoms with Crippen LogP contribution < -0.4 is 5.32 Å². The molecule has 0 atom stereocenters. The molecule has 0 heterocycles. The van der Waals surface area contributed by atoms with Crippen molar-refractivity contribution < 1.29 is 4.92 Å². The van der Waals surface area contributed by atoms with E-state index in [1.165, 1.54) is 55.6 Å². The number of fused-ring (bicyclic) bond motifs is 10. The van der Waals surface area contributed by atoms with Gasteiger partial charge in [0.05, 0.1) is 16.0 Å². The summed E-state index contributed by atoms with van der Waals surface area (Å²) in [6.07, 6.45) is 0. The second-order valence-corrected chi connectivity index (χ2v) is 17.0. The van der Waals surface area contributed by atoms with Crippen molar-refractivity contribution in [2.75, 3.05) is 5.32 Å². The van der Waals surface area contributed by atoms with Crippen molar-refractivity contribution in [1.82, 2.24) is 0 Å². The van der Waals surface area contributed by atoms with E-state index in [9.17, 15) is 10.1 Å². The maximum absolute atomic E-state index is 12.4. The van der Waals surface area contributed by atoms with Gasteiger partial charge in [-0.2, -0.15) is 0 Å². The maximum atomic E-state index is 12.4. The van der Waals surface area contributed by atoms with Gasteiger partial charge >= 0.3 is 0 Å². The lowest BCUT2D eigenvalue weighted by Gasteiger charge is -2.30. The number of rotatable bonds is 5. The Kier molecular flexibility index (Phi) is 7.77. The Labute approximate surface area is 323 Å². The number of nitrogens with one attached hydrogen (secondary N) is 1. The maximum Gasteiger partial charge on any atom is 0.292 e. The largest absolute Gasteiger partial charge is 0.349 e. The quantitative estimate of drug-likeness (QED) is 0.142. The molecule has 0 radical (unpaired) electrons. The van der Waals surface area contributed by atoms with Crippen LogP contribution in [0.2, 0.25) is 0 Å². The molecule has 0 amide bonds. The molecule has 0 aromatic heterocycles. The summed E-state index contributed by atoms with van der Waals surface area (Å²) in [6, 6.07) is 53.6. The van der Waals surface area contributed by atoms with Crippen LogP contribution in [0.4, 0.5) is 17.1 Å². The van der Waals surface area contributed by atoms with Crippen LogP contribution in [0.15, 0.2) is 152 Å². The van der Waals surface area contributed by atoms with Crippen molar-refractivity contribution >= 4 is 17.1 Å². The Balaban J connectivity index is 1.37. The van der Waals surface area contributed by atoms with E-state index < -0.39 is 5.41 Å². The van der Waals surface area contributed by atoms with Gasteiger partial charge in [-0.05, 0) is 83.7 Å². The van der Waals surface area contributed by atoms with Crippen LogP contribution in [-0.4, -0.2) is 4.92 Å². The number of anilines is 2. The minimum atomic E-state index is -0.485. The highest BCUT2D eigenvalue weighted by Gasteiger charge is 2.52. The van der Waals surface area contributed by atoms with Gasteiger partial charge in [0.2, 0.25) is 0 Å². The molecule has 0 bridgehead atoms. The van der Waals surface area contributed by atoms with Crippen LogP contribution in [0.25, 0.3) is 44.5 Å². The highest BCUT2D eigenvalue weighted by Crippen LogP contribution is 2.64. The third-order valence-corrected chi connectivity index (χ3v) is 11.7. The molecule has 9 rings (SSSR count). The van der Waals surface area contributed by atoms with Gasteiger partial charge in [-0.25, -0.2) is 0 Å². The molecule has 0 fully saturated rings. The molecule has 55 heavy (non-hydrogen) atoms. The van der Waals surface area contributed by atoms with Crippen molar-refractivity contribution in [3.05, 3.63) is 195 Å². The van der Waals surface area contributed by atoms with Crippen molar-refractivity contribution in [2.24, 2.45) is 0 Å². The Morgan fingerprint density at radius 3 is 1.55 bits per heavy atom. The summed E-state index contributed by atoms with van der Waals surface area (Å²) < 4.78 is 0. The van der Waals surface area contributed by atoms with E-state index >= 15 is 0 Å². The summed E-state index contributed by atoms with van der Waals surface area (Å²) in [4.78, 5) is 12.1. The summed E-state index contributed by atoms with van der Waals surface area (Å²) in [5.41, 5.74) is 17.3. The lowest BCUT2D eigenvalue weighted by atomic mass is 9.70. The van der Waals surface area contributed by atoms with Gasteiger partial charge in [-0.1, -0.05) is 181 Å². The third-order valence-electron chi connectivity index (χ3n) is 11.7. The second-order valence-electron chi connectivity index (χ2n) is 17.0. The molecule has 1 N–H and O–H groups in total. The number of hydrogen-bond donors (Lipinski definition) is 1. The molecule has 7 aromatic rings. The molecular weight excluding hydrogens is 673 g/mol. The molecule has 270 valence electrons. The highest BCUT2D eigenvalue weighted by atomic mass is 16.6. The van der Waals surface area contributed by atoms with Gasteiger partial charge < -0.3 is 5.32 Å². The summed E-state index contributed by atoms with van der Waals surface area (Å²) in [7, 11) is 0. The van der Waals surface area contributed by atoms with Crippen LogP contribution in [0.1, 0.15) is 74.9 Å². The number of hydrogen-bond acceptors (Lipinski definition) is 3. The molecule has 4 heteroatoms. The van der Waals surface area contributed by atoms with Gasteiger partial charge in [0.25, 0.3) is 5.69 Å². The van der Waals surface area contributed by atoms with E-state index in [0.29, 0.717) is 5.69 Å². The molecule has 2 aliphatic carbocycles. The van der Waals surface area contributed by atoms with E-state index in [1.54, 1.807) is 18.2 Å². The van der Waals surface area contributed by atoms with Gasteiger partial charge in [0.1, 0.15) is 5.69 Å². The van der Waals surface area contributed by atoms with Crippen molar-refractivity contribution in [2.45, 2.75) is 57.8 Å². The fraction of sp³-hybridized carbons (Fsp3) is 0.176. The zero-order valence-corrected chi connectivity index (χ0v) is 32.2. The van der Waals surface area contributed by atoms with Crippen LogP contribution in [0, 0.1) is 10.1 Å². The number of nitro benzene ring substituents is 1. The zero-order valence-electron chi connectivity index (χ0n) is 32.2. The average molecular weight is 717 g/mol. The normalized spacial score (nSPS) is 13.6. The molecule has 2 aliphatic rings. The SMILES string of the molecule is CC(C)(C)c1cc(-c2cccc(-c3cccc4c3-c3ccccc3C43c4ccccc4-c4ccccc43)c2Nc2ccccc2[N+](=O)[O-])cc(C(C)(C)C)c1. The second kappa shape index (κ2) is 12.4. The molecule has 0 saturated heterocycles. The number of benzene rings is 7. The van der Waals surface area contributed by atoms with Gasteiger partial charge in [-0.3, -0.25) is 10.1 Å². The predicted molar refractivity (Wildman–Crippen MR) is 227 cm³/mol. The molecule has 4 nitrogen and oxygen atoms in total. The van der Waals surface area contributed by atoms with Crippen LogP contribution in [0.5, 0.6) is 0 Å². The third kappa shape index (κ3) is 5.26. The van der Waals surface area contributed by atoms with Crippen LogP contribution >= 0.6 is 0 Å². The Bertz CT molecular complexity index is 2610. The fourth-order valence-electron chi connectivity index (χ4n) is 9.04. The van der Waals surface area contributed by atoms with E-state index in [4.69, 9.17) is 0 Å². The predicted octanol–water partition coefficient (Wildman–Crippen LogP) is 13.6. The lowest BCUT2D eigenvalue weighted by molar-refractivity contribution is -0.383. The Hall–Kier alpha value is -6.26. The lowest BCUT2D eigenvalue weighted by Crippen LogP contribution is -2.25. The zero-order chi connectivity index (χ0) is 38.3. The molecule has 7 aromatic carbocycles. The first-order valence-corrected chi connectivity index (χ1v) is 19.1. The summed E-state index contributed by atoms with van der Waals surface area (Å²) in [5, 5.41) is 16.1. The van der Waals surface area contributed by atoms with Gasteiger partial charge in [-0.15, -0.1) is 0 Å². The molecule has 0 unspecified atom stereocenters. The van der Waals surface area contributed by atoms with Crippen molar-refractivity contribution in [3.63, 3.8) is 0 Å². The smallest absolute Gasteiger partial charge is 0.292 e. The minimum absolute atomic E-state index is 0.0313. The fourth-order valence-corrected chi connectivity index (χ4v) is 9.04. The number of para-hydroxylation sites is 3. The number of nitrogens with zero attached hydrogens (tertiary/aromatic N) is 1. The van der Waals surface area contributed by atoms with E-state index in [1.807, 2.05) is 6.07 Å². The number of nitro groups is 1. The Morgan fingerprint density at radius 1 is 0.491 bits per heavy atom. The van der Waals surface area contributed by atoms with E-state index in [2.05, 4.69) is 174 Å². The summed E-state index contributed by atoms with van der Waals surface area (Å²) in [5.74, 6) is 0.